The van der Waals surface area contributed by atoms with Crippen LogP contribution in [0, 0.1) is 5.41 Å². The second kappa shape index (κ2) is 10.3. The third-order valence-corrected chi connectivity index (χ3v) is 5.83. The van der Waals surface area contributed by atoms with E-state index in [1.807, 2.05) is 18.3 Å². The summed E-state index contributed by atoms with van der Waals surface area (Å²) >= 11 is 0. The molecule has 1 aliphatic carbocycles. The lowest BCUT2D eigenvalue weighted by Crippen LogP contribution is -2.26. The number of nitrogens with zero attached hydrogens (tertiary/aromatic N) is 4. The molecule has 1 amide bonds. The summed E-state index contributed by atoms with van der Waals surface area (Å²) < 4.78 is 2.05. The summed E-state index contributed by atoms with van der Waals surface area (Å²) in [4.78, 5) is 21.1. The summed E-state index contributed by atoms with van der Waals surface area (Å²) in [7, 11) is 5.55. The van der Waals surface area contributed by atoms with E-state index in [4.69, 9.17) is 5.41 Å². The second-order valence-electron chi connectivity index (χ2n) is 8.54. The summed E-state index contributed by atoms with van der Waals surface area (Å²) in [6.07, 6.45) is 8.50. The number of carbonyl (C=O) groups is 1. The quantitative estimate of drug-likeness (QED) is 0.475. The third-order valence-electron chi connectivity index (χ3n) is 5.83. The number of rotatable bonds is 10. The molecule has 0 aromatic carbocycles. The lowest BCUT2D eigenvalue weighted by Gasteiger charge is -2.23. The molecule has 2 aromatic heterocycles. The molecule has 0 aliphatic heterocycles. The molecule has 0 bridgehead atoms. The van der Waals surface area contributed by atoms with Crippen LogP contribution in [-0.4, -0.2) is 54.3 Å². The number of anilines is 3. The highest BCUT2D eigenvalue weighted by molar-refractivity contribution is 5.98. The van der Waals surface area contributed by atoms with Crippen molar-refractivity contribution in [1.82, 2.24) is 14.5 Å². The fraction of sp³-hybridized carbons (Fsp3) is 0.458. The molecule has 1 aliphatic rings. The van der Waals surface area contributed by atoms with Gasteiger partial charge in [-0.1, -0.05) is 26.3 Å². The molecule has 8 nitrogen and oxygen atoms in total. The van der Waals surface area contributed by atoms with Gasteiger partial charge in [0.15, 0.2) is 0 Å². The summed E-state index contributed by atoms with van der Waals surface area (Å²) in [6.45, 7) is 7.23. The SMILES string of the molecule is C=C(Nc1ccc(N(C)CCC)cn1)Nc1c(C=N)cc(C(=O)N(C)C)n1C1CCCC1. The molecule has 2 aromatic rings. The summed E-state index contributed by atoms with van der Waals surface area (Å²) in [5.41, 5.74) is 2.32. The molecule has 1 fully saturated rings. The zero-order valence-electron chi connectivity index (χ0n) is 19.6. The first-order chi connectivity index (χ1) is 15.3. The van der Waals surface area contributed by atoms with E-state index in [1.165, 1.54) is 6.21 Å². The minimum Gasteiger partial charge on any atom is -0.373 e. The summed E-state index contributed by atoms with van der Waals surface area (Å²) in [6, 6.07) is 5.96. The van der Waals surface area contributed by atoms with Crippen molar-refractivity contribution in [3.05, 3.63) is 48.1 Å². The molecule has 172 valence electrons. The lowest BCUT2D eigenvalue weighted by molar-refractivity contribution is 0.0815. The Morgan fingerprint density at radius 2 is 2.00 bits per heavy atom. The number of aromatic nitrogens is 2. The van der Waals surface area contributed by atoms with Crippen molar-refractivity contribution in [3.63, 3.8) is 0 Å². The third kappa shape index (κ3) is 5.12. The van der Waals surface area contributed by atoms with Crippen LogP contribution in [0.3, 0.4) is 0 Å². The van der Waals surface area contributed by atoms with E-state index in [2.05, 4.69) is 45.6 Å². The minimum absolute atomic E-state index is 0.0694. The largest absolute Gasteiger partial charge is 0.373 e. The van der Waals surface area contributed by atoms with Gasteiger partial charge in [-0.25, -0.2) is 4.98 Å². The minimum atomic E-state index is -0.0694. The molecule has 0 radical (unpaired) electrons. The smallest absolute Gasteiger partial charge is 0.270 e. The molecule has 8 heteroatoms. The van der Waals surface area contributed by atoms with Crippen LogP contribution < -0.4 is 15.5 Å². The summed E-state index contributed by atoms with van der Waals surface area (Å²) in [5.74, 6) is 1.86. The van der Waals surface area contributed by atoms with Gasteiger partial charge >= 0.3 is 0 Å². The van der Waals surface area contributed by atoms with Gasteiger partial charge in [-0.2, -0.15) is 0 Å². The average Bonchev–Trinajstić information content (AvgIpc) is 3.41. The first-order valence-corrected chi connectivity index (χ1v) is 11.2. The van der Waals surface area contributed by atoms with Gasteiger partial charge in [-0.05, 0) is 37.5 Å². The van der Waals surface area contributed by atoms with Crippen molar-refractivity contribution in [3.8, 4) is 0 Å². The molecule has 32 heavy (non-hydrogen) atoms. The fourth-order valence-electron chi connectivity index (χ4n) is 4.20. The first kappa shape index (κ1) is 23.4. The second-order valence-corrected chi connectivity index (χ2v) is 8.54. The Kier molecular flexibility index (Phi) is 7.56. The topological polar surface area (TPSA) is 89.3 Å². The predicted octanol–water partition coefficient (Wildman–Crippen LogP) is 4.54. The monoisotopic (exact) mass is 437 g/mol. The van der Waals surface area contributed by atoms with E-state index in [0.717, 1.165) is 44.3 Å². The van der Waals surface area contributed by atoms with Gasteiger partial charge in [-0.3, -0.25) is 4.79 Å². The Morgan fingerprint density at radius 1 is 1.28 bits per heavy atom. The van der Waals surface area contributed by atoms with Gasteiger partial charge in [0.25, 0.3) is 5.91 Å². The Morgan fingerprint density at radius 3 is 2.56 bits per heavy atom. The van der Waals surface area contributed by atoms with E-state index in [-0.39, 0.29) is 11.9 Å². The van der Waals surface area contributed by atoms with Crippen LogP contribution in [0.1, 0.15) is 61.1 Å². The zero-order valence-corrected chi connectivity index (χ0v) is 19.6. The van der Waals surface area contributed by atoms with Gasteiger partial charge < -0.3 is 30.4 Å². The highest BCUT2D eigenvalue weighted by atomic mass is 16.2. The van der Waals surface area contributed by atoms with Gasteiger partial charge in [0.1, 0.15) is 23.2 Å². The highest BCUT2D eigenvalue weighted by Crippen LogP contribution is 2.36. The first-order valence-electron chi connectivity index (χ1n) is 11.2. The van der Waals surface area contributed by atoms with Gasteiger partial charge in [0, 0.05) is 45.5 Å². The van der Waals surface area contributed by atoms with Crippen molar-refractivity contribution in [2.24, 2.45) is 0 Å². The molecule has 0 unspecified atom stereocenters. The molecule has 0 spiro atoms. The van der Waals surface area contributed by atoms with Crippen molar-refractivity contribution < 1.29 is 4.79 Å². The van der Waals surface area contributed by atoms with Crippen LogP contribution >= 0.6 is 0 Å². The molecule has 1 saturated carbocycles. The number of hydrogen-bond acceptors (Lipinski definition) is 6. The molecule has 0 saturated heterocycles. The van der Waals surface area contributed by atoms with Crippen LogP contribution in [0.25, 0.3) is 0 Å². The number of nitrogens with one attached hydrogen (secondary N) is 3. The standard InChI is InChI=1S/C24H35N7O/c1-6-13-30(5)20-11-12-22(26-16-20)27-17(2)28-23-18(15-25)14-21(24(32)29(3)4)31(23)19-9-7-8-10-19/h11-12,14-16,19,25,28H,2,6-10,13H2,1,3-5H3,(H,26,27). The maximum absolute atomic E-state index is 12.9. The van der Waals surface area contributed by atoms with E-state index in [9.17, 15) is 4.79 Å². The molecule has 3 rings (SSSR count). The van der Waals surface area contributed by atoms with E-state index < -0.39 is 0 Å². The molecule has 0 atom stereocenters. The maximum Gasteiger partial charge on any atom is 0.270 e. The number of hydrogen-bond donors (Lipinski definition) is 3. The number of pyridine rings is 1. The van der Waals surface area contributed by atoms with Crippen LogP contribution in [-0.2, 0) is 0 Å². The van der Waals surface area contributed by atoms with Crippen LogP contribution in [0.4, 0.5) is 17.3 Å². The maximum atomic E-state index is 12.9. The van der Waals surface area contributed by atoms with Gasteiger partial charge in [0.05, 0.1) is 11.9 Å². The number of amides is 1. The Bertz CT molecular complexity index is 955. The normalized spacial score (nSPS) is 13.6. The predicted molar refractivity (Wildman–Crippen MR) is 132 cm³/mol. The van der Waals surface area contributed by atoms with Gasteiger partial charge in [0.2, 0.25) is 0 Å². The van der Waals surface area contributed by atoms with E-state index in [0.29, 0.717) is 28.7 Å². The van der Waals surface area contributed by atoms with Crippen LogP contribution in [0.15, 0.2) is 36.8 Å². The Labute approximate surface area is 190 Å². The fourth-order valence-corrected chi connectivity index (χ4v) is 4.20. The molecular weight excluding hydrogens is 402 g/mol. The van der Waals surface area contributed by atoms with Gasteiger partial charge in [-0.15, -0.1) is 0 Å². The highest BCUT2D eigenvalue weighted by Gasteiger charge is 2.28. The van der Waals surface area contributed by atoms with Crippen molar-refractivity contribution in [1.29, 1.82) is 5.41 Å². The van der Waals surface area contributed by atoms with E-state index >= 15 is 0 Å². The average molecular weight is 438 g/mol. The van der Waals surface area contributed by atoms with Crippen LogP contribution in [0.2, 0.25) is 0 Å². The lowest BCUT2D eigenvalue weighted by atomic mass is 10.2. The summed E-state index contributed by atoms with van der Waals surface area (Å²) in [5, 5.41) is 14.4. The Balaban J connectivity index is 1.83. The molecular formula is C24H35N7O. The number of carbonyl (C=O) groups excluding carboxylic acids is 1. The van der Waals surface area contributed by atoms with E-state index in [1.54, 1.807) is 25.1 Å². The Hall–Kier alpha value is -3.29. The zero-order chi connectivity index (χ0) is 23.3. The van der Waals surface area contributed by atoms with Crippen molar-refractivity contribution in [2.75, 3.05) is 43.2 Å². The van der Waals surface area contributed by atoms with Crippen molar-refractivity contribution >= 4 is 29.4 Å². The molecule has 2 heterocycles. The molecule has 3 N–H and O–H groups in total. The van der Waals surface area contributed by atoms with Crippen LogP contribution in [0.5, 0.6) is 0 Å². The van der Waals surface area contributed by atoms with Crippen molar-refractivity contribution in [2.45, 2.75) is 45.1 Å².